The van der Waals surface area contributed by atoms with Crippen molar-refractivity contribution in [1.82, 2.24) is 9.88 Å². The first-order valence-electron chi connectivity index (χ1n) is 8.85. The Balaban J connectivity index is 1.95. The maximum absolute atomic E-state index is 12.0. The molecule has 124 valence electrons. The van der Waals surface area contributed by atoms with Crippen molar-refractivity contribution in [3.05, 3.63) is 35.0 Å². The number of amides is 1. The fourth-order valence-electron chi connectivity index (χ4n) is 3.80. The van der Waals surface area contributed by atoms with Gasteiger partial charge in [-0.2, -0.15) is 0 Å². The van der Waals surface area contributed by atoms with E-state index < -0.39 is 0 Å². The molecule has 2 aromatic rings. The standard InChI is InChI=1S/C20H28N2O/c1-13(2)21-20(23)9-10-22-18-7-5-14(3)11-16(18)17-12-15(4)6-8-19(17)22/h5,7,11,13,15H,6,8-10,12H2,1-4H3,(H,21,23). The molecule has 3 rings (SSSR count). The van der Waals surface area contributed by atoms with Crippen LogP contribution in [-0.4, -0.2) is 16.5 Å². The number of nitrogens with one attached hydrogen (secondary N) is 1. The van der Waals surface area contributed by atoms with Crippen LogP contribution in [-0.2, 0) is 24.2 Å². The molecule has 0 fully saturated rings. The van der Waals surface area contributed by atoms with Gasteiger partial charge in [-0.15, -0.1) is 0 Å². The molecular weight excluding hydrogens is 284 g/mol. The highest BCUT2D eigenvalue weighted by molar-refractivity contribution is 5.87. The Morgan fingerprint density at radius 3 is 2.91 bits per heavy atom. The van der Waals surface area contributed by atoms with Crippen LogP contribution >= 0.6 is 0 Å². The summed E-state index contributed by atoms with van der Waals surface area (Å²) in [5.74, 6) is 0.901. The van der Waals surface area contributed by atoms with E-state index in [1.54, 1.807) is 0 Å². The van der Waals surface area contributed by atoms with Gasteiger partial charge in [0.1, 0.15) is 0 Å². The van der Waals surface area contributed by atoms with Crippen molar-refractivity contribution >= 4 is 16.8 Å². The number of rotatable bonds is 4. The summed E-state index contributed by atoms with van der Waals surface area (Å²) in [5, 5.41) is 4.40. The second-order valence-corrected chi connectivity index (χ2v) is 7.42. The summed E-state index contributed by atoms with van der Waals surface area (Å²) in [6.45, 7) is 9.30. The molecule has 1 unspecified atom stereocenters. The topological polar surface area (TPSA) is 34.0 Å². The number of carbonyl (C=O) groups is 1. The number of aromatic nitrogens is 1. The van der Waals surface area contributed by atoms with E-state index in [1.165, 1.54) is 40.6 Å². The largest absolute Gasteiger partial charge is 0.354 e. The number of benzene rings is 1. The van der Waals surface area contributed by atoms with Gasteiger partial charge in [-0.25, -0.2) is 0 Å². The molecule has 1 amide bonds. The minimum atomic E-state index is 0.145. The third kappa shape index (κ3) is 3.29. The lowest BCUT2D eigenvalue weighted by Gasteiger charge is -2.21. The normalized spacial score (nSPS) is 17.5. The molecule has 3 nitrogen and oxygen atoms in total. The molecule has 1 aliphatic rings. The highest BCUT2D eigenvalue weighted by Gasteiger charge is 2.23. The zero-order valence-electron chi connectivity index (χ0n) is 14.8. The molecule has 0 radical (unpaired) electrons. The van der Waals surface area contributed by atoms with E-state index in [0.29, 0.717) is 6.42 Å². The van der Waals surface area contributed by atoms with Crippen LogP contribution in [0, 0.1) is 12.8 Å². The molecule has 1 heterocycles. The summed E-state index contributed by atoms with van der Waals surface area (Å²) in [7, 11) is 0. The summed E-state index contributed by atoms with van der Waals surface area (Å²) in [5.41, 5.74) is 5.59. The maximum Gasteiger partial charge on any atom is 0.221 e. The van der Waals surface area contributed by atoms with Gasteiger partial charge < -0.3 is 9.88 Å². The fourth-order valence-corrected chi connectivity index (χ4v) is 3.80. The van der Waals surface area contributed by atoms with Crippen LogP contribution in [0.3, 0.4) is 0 Å². The van der Waals surface area contributed by atoms with Crippen LogP contribution in [0.4, 0.5) is 0 Å². The van der Waals surface area contributed by atoms with Crippen LogP contribution in [0.5, 0.6) is 0 Å². The van der Waals surface area contributed by atoms with Crippen LogP contribution < -0.4 is 5.32 Å². The maximum atomic E-state index is 12.0. The van der Waals surface area contributed by atoms with Crippen molar-refractivity contribution < 1.29 is 4.79 Å². The van der Waals surface area contributed by atoms with Crippen LogP contribution in [0.15, 0.2) is 18.2 Å². The Bertz CT molecular complexity index is 727. The highest BCUT2D eigenvalue weighted by Crippen LogP contribution is 2.34. The molecular formula is C20H28N2O. The molecule has 0 saturated carbocycles. The third-order valence-corrected chi connectivity index (χ3v) is 4.88. The Morgan fingerprint density at radius 1 is 1.39 bits per heavy atom. The Morgan fingerprint density at radius 2 is 2.17 bits per heavy atom. The number of fused-ring (bicyclic) bond motifs is 3. The molecule has 0 spiro atoms. The molecule has 1 aliphatic carbocycles. The molecule has 0 bridgehead atoms. The van der Waals surface area contributed by atoms with E-state index in [1.807, 2.05) is 13.8 Å². The van der Waals surface area contributed by atoms with Crippen molar-refractivity contribution in [3.8, 4) is 0 Å². The Labute approximate surface area is 139 Å². The average Bonchev–Trinajstić information content (AvgIpc) is 2.77. The molecule has 0 aliphatic heterocycles. The number of aryl methyl sites for hydroxylation is 2. The summed E-state index contributed by atoms with van der Waals surface area (Å²) in [4.78, 5) is 12.0. The first-order chi connectivity index (χ1) is 11.0. The van der Waals surface area contributed by atoms with Gasteiger partial charge in [-0.3, -0.25) is 4.79 Å². The van der Waals surface area contributed by atoms with Gasteiger partial charge in [-0.1, -0.05) is 18.6 Å². The van der Waals surface area contributed by atoms with Gasteiger partial charge in [0.05, 0.1) is 0 Å². The predicted molar refractivity (Wildman–Crippen MR) is 95.8 cm³/mol. The lowest BCUT2D eigenvalue weighted by Crippen LogP contribution is -2.30. The monoisotopic (exact) mass is 312 g/mol. The minimum absolute atomic E-state index is 0.145. The minimum Gasteiger partial charge on any atom is -0.354 e. The van der Waals surface area contributed by atoms with E-state index in [0.717, 1.165) is 18.9 Å². The third-order valence-electron chi connectivity index (χ3n) is 4.88. The average molecular weight is 312 g/mol. The summed E-state index contributed by atoms with van der Waals surface area (Å²) in [6, 6.07) is 6.94. The van der Waals surface area contributed by atoms with Gasteiger partial charge in [0.2, 0.25) is 5.91 Å². The first kappa shape index (κ1) is 16.1. The van der Waals surface area contributed by atoms with E-state index >= 15 is 0 Å². The quantitative estimate of drug-likeness (QED) is 0.910. The van der Waals surface area contributed by atoms with Gasteiger partial charge in [0.25, 0.3) is 0 Å². The molecule has 3 heteroatoms. The summed E-state index contributed by atoms with van der Waals surface area (Å²) < 4.78 is 2.40. The SMILES string of the molecule is Cc1ccc2c(c1)c1c(n2CCC(=O)NC(C)C)CCC(C)C1. The van der Waals surface area contributed by atoms with E-state index in [4.69, 9.17) is 0 Å². The summed E-state index contributed by atoms with van der Waals surface area (Å²) >= 11 is 0. The number of hydrogen-bond donors (Lipinski definition) is 1. The lowest BCUT2D eigenvalue weighted by molar-refractivity contribution is -0.121. The van der Waals surface area contributed by atoms with Crippen molar-refractivity contribution in [3.63, 3.8) is 0 Å². The smallest absolute Gasteiger partial charge is 0.221 e. The van der Waals surface area contributed by atoms with Crippen molar-refractivity contribution in [2.75, 3.05) is 0 Å². The predicted octanol–water partition coefficient (Wildman–Crippen LogP) is 3.99. The van der Waals surface area contributed by atoms with Crippen LogP contribution in [0.25, 0.3) is 10.9 Å². The van der Waals surface area contributed by atoms with Crippen LogP contribution in [0.2, 0.25) is 0 Å². The second-order valence-electron chi connectivity index (χ2n) is 7.42. The molecule has 1 N–H and O–H groups in total. The van der Waals surface area contributed by atoms with Gasteiger partial charge in [0, 0.05) is 35.6 Å². The lowest BCUT2D eigenvalue weighted by atomic mass is 9.87. The molecule has 1 aromatic carbocycles. The number of hydrogen-bond acceptors (Lipinski definition) is 1. The van der Waals surface area contributed by atoms with Crippen molar-refractivity contribution in [1.29, 1.82) is 0 Å². The molecule has 1 atom stereocenters. The molecule has 1 aromatic heterocycles. The number of carbonyl (C=O) groups excluding carboxylic acids is 1. The van der Waals surface area contributed by atoms with E-state index in [-0.39, 0.29) is 11.9 Å². The van der Waals surface area contributed by atoms with E-state index in [2.05, 4.69) is 41.9 Å². The van der Waals surface area contributed by atoms with Gasteiger partial charge >= 0.3 is 0 Å². The van der Waals surface area contributed by atoms with Crippen LogP contribution in [0.1, 0.15) is 50.4 Å². The zero-order chi connectivity index (χ0) is 16.6. The van der Waals surface area contributed by atoms with Gasteiger partial charge in [0.15, 0.2) is 0 Å². The van der Waals surface area contributed by atoms with Crippen molar-refractivity contribution in [2.24, 2.45) is 5.92 Å². The fraction of sp³-hybridized carbons (Fsp3) is 0.550. The molecule has 23 heavy (non-hydrogen) atoms. The van der Waals surface area contributed by atoms with Crippen molar-refractivity contribution in [2.45, 2.75) is 66.0 Å². The highest BCUT2D eigenvalue weighted by atomic mass is 16.1. The summed E-state index contributed by atoms with van der Waals surface area (Å²) in [6.07, 6.45) is 4.11. The Hall–Kier alpha value is -1.77. The molecule has 0 saturated heterocycles. The zero-order valence-corrected chi connectivity index (χ0v) is 14.8. The Kier molecular flexibility index (Phi) is 4.47. The first-order valence-corrected chi connectivity index (χ1v) is 8.85. The number of nitrogens with zero attached hydrogens (tertiary/aromatic N) is 1. The second kappa shape index (κ2) is 6.38. The van der Waals surface area contributed by atoms with Gasteiger partial charge in [-0.05, 0) is 63.6 Å². The van der Waals surface area contributed by atoms with E-state index in [9.17, 15) is 4.79 Å².